The fourth-order valence-corrected chi connectivity index (χ4v) is 6.17. The van der Waals surface area contributed by atoms with Crippen molar-refractivity contribution in [3.05, 3.63) is 95.4 Å². The van der Waals surface area contributed by atoms with E-state index in [-0.39, 0.29) is 42.0 Å². The van der Waals surface area contributed by atoms with Crippen molar-refractivity contribution in [2.75, 3.05) is 12.4 Å². The van der Waals surface area contributed by atoms with Crippen LogP contribution in [0.5, 0.6) is 5.75 Å². The number of rotatable bonds is 9. The van der Waals surface area contributed by atoms with Gasteiger partial charge in [0.15, 0.2) is 0 Å². The summed E-state index contributed by atoms with van der Waals surface area (Å²) in [6.45, 7) is 9.88. The molecule has 3 aromatic carbocycles. The number of amides is 2. The highest BCUT2D eigenvalue weighted by Crippen LogP contribution is 2.67. The van der Waals surface area contributed by atoms with Gasteiger partial charge in [-0.25, -0.2) is 4.39 Å². The Hall–Kier alpha value is -4.13. The molecule has 1 aromatic heterocycles. The summed E-state index contributed by atoms with van der Waals surface area (Å²) < 4.78 is 20.0. The van der Waals surface area contributed by atoms with E-state index in [0.29, 0.717) is 17.0 Å². The van der Waals surface area contributed by atoms with Gasteiger partial charge in [-0.2, -0.15) is 0 Å². The molecule has 1 aliphatic carbocycles. The van der Waals surface area contributed by atoms with Crippen LogP contribution in [0, 0.1) is 24.1 Å². The molecule has 0 saturated heterocycles. The first-order chi connectivity index (χ1) is 19.4. The fourth-order valence-electron chi connectivity index (χ4n) is 6.17. The van der Waals surface area contributed by atoms with Crippen molar-refractivity contribution in [2.24, 2.45) is 11.3 Å². The number of carbonyl (C=O) groups is 2. The molecule has 41 heavy (non-hydrogen) atoms. The zero-order chi connectivity index (χ0) is 29.5. The van der Waals surface area contributed by atoms with Crippen LogP contribution in [-0.4, -0.2) is 34.3 Å². The average molecular weight is 556 g/mol. The smallest absolute Gasteiger partial charge is 0.249 e. The van der Waals surface area contributed by atoms with Crippen molar-refractivity contribution in [3.8, 4) is 5.75 Å². The molecule has 0 bridgehead atoms. The Labute approximate surface area is 240 Å². The molecule has 5 rings (SSSR count). The molecule has 1 heterocycles. The molecule has 6 nitrogen and oxygen atoms in total. The maximum absolute atomic E-state index is 14.8. The Morgan fingerprint density at radius 1 is 1.02 bits per heavy atom. The van der Waals surface area contributed by atoms with Gasteiger partial charge in [0.2, 0.25) is 11.8 Å². The number of hydrogen-bond donors (Lipinski definition) is 2. The molecule has 2 amide bonds. The van der Waals surface area contributed by atoms with E-state index in [4.69, 9.17) is 4.74 Å². The monoisotopic (exact) mass is 555 g/mol. The number of H-pyrrole nitrogens is 1. The first-order valence-electron chi connectivity index (χ1n) is 14.0. The van der Waals surface area contributed by atoms with Crippen LogP contribution in [0.2, 0.25) is 0 Å². The second kappa shape index (κ2) is 10.7. The van der Waals surface area contributed by atoms with Crippen LogP contribution in [0.4, 0.5) is 10.1 Å². The largest absolute Gasteiger partial charge is 0.497 e. The maximum atomic E-state index is 14.8. The van der Waals surface area contributed by atoms with Crippen LogP contribution >= 0.6 is 0 Å². The minimum atomic E-state index is -1.26. The van der Waals surface area contributed by atoms with Gasteiger partial charge in [-0.15, -0.1) is 0 Å². The van der Waals surface area contributed by atoms with Gasteiger partial charge in [0.1, 0.15) is 17.1 Å². The second-order valence-corrected chi connectivity index (χ2v) is 12.1. The molecular weight excluding hydrogens is 517 g/mol. The summed E-state index contributed by atoms with van der Waals surface area (Å²) in [5.41, 5.74) is 3.04. The number of methoxy groups -OCH3 is 1. The van der Waals surface area contributed by atoms with E-state index in [2.05, 4.69) is 43.2 Å². The summed E-state index contributed by atoms with van der Waals surface area (Å²) in [5, 5.41) is 4.11. The summed E-state index contributed by atoms with van der Waals surface area (Å²) in [6.07, 6.45) is 0.254. The highest BCUT2D eigenvalue weighted by atomic mass is 19.1. The molecule has 4 aromatic rings. The van der Waals surface area contributed by atoms with Gasteiger partial charge < -0.3 is 19.9 Å². The number of para-hydroxylation sites is 1. The van der Waals surface area contributed by atoms with Crippen molar-refractivity contribution < 1.29 is 18.7 Å². The van der Waals surface area contributed by atoms with Crippen molar-refractivity contribution in [1.82, 2.24) is 9.88 Å². The summed E-state index contributed by atoms with van der Waals surface area (Å²) in [6, 6.07) is 21.6. The Bertz CT molecular complexity index is 1590. The number of aryl methyl sites for hydroxylation is 1. The molecule has 1 fully saturated rings. The summed E-state index contributed by atoms with van der Waals surface area (Å²) in [5.74, 6) is -0.000343. The summed E-state index contributed by atoms with van der Waals surface area (Å²) in [7, 11) is 1.58. The topological polar surface area (TPSA) is 74.4 Å². The lowest BCUT2D eigenvalue weighted by atomic mass is 9.97. The number of aromatic nitrogens is 1. The van der Waals surface area contributed by atoms with Crippen molar-refractivity contribution in [1.29, 1.82) is 0 Å². The van der Waals surface area contributed by atoms with Gasteiger partial charge in [-0.05, 0) is 80.0 Å². The highest BCUT2D eigenvalue weighted by molar-refractivity contribution is 6.00. The molecule has 1 saturated carbocycles. The second-order valence-electron chi connectivity index (χ2n) is 12.1. The number of nitrogens with one attached hydrogen (secondary N) is 2. The molecule has 214 valence electrons. The average Bonchev–Trinajstić information content (AvgIpc) is 3.29. The summed E-state index contributed by atoms with van der Waals surface area (Å²) in [4.78, 5) is 32.8. The van der Waals surface area contributed by atoms with Crippen LogP contribution < -0.4 is 10.1 Å². The molecule has 2 N–H and O–H groups in total. The minimum Gasteiger partial charge on any atom is -0.497 e. The number of halogens is 1. The first kappa shape index (κ1) is 28.4. The van der Waals surface area contributed by atoms with Gasteiger partial charge in [0, 0.05) is 40.8 Å². The van der Waals surface area contributed by atoms with E-state index < -0.39 is 11.4 Å². The van der Waals surface area contributed by atoms with Crippen LogP contribution in [0.3, 0.4) is 0 Å². The SMILES string of the molecule is COc1ccc(NC(=O)C(C)(C)N(Cc2ccccc2F)C(=O)C[C@H]2[C@H](c3c(C)[nH]c4ccccc34)C2(C)C)cc1. The number of nitrogens with zero attached hydrogens (tertiary/aromatic N) is 1. The van der Waals surface area contributed by atoms with E-state index in [1.165, 1.54) is 21.9 Å². The standard InChI is InChI=1S/C34H38FN3O3/c1-21-30(25-12-8-10-14-28(25)36-21)31-26(33(31,2)3)19-29(39)38(20-22-11-7-9-13-27(22)35)34(4,5)32(40)37-23-15-17-24(41-6)18-16-23/h7-18,26,31,36H,19-20H2,1-6H3,(H,37,40)/t26-,31+/m0/s1. The number of anilines is 1. The molecule has 7 heteroatoms. The number of aromatic amines is 1. The number of carbonyl (C=O) groups excluding carboxylic acids is 2. The third kappa shape index (κ3) is 5.33. The lowest BCUT2D eigenvalue weighted by Gasteiger charge is -2.38. The Balaban J connectivity index is 1.42. The van der Waals surface area contributed by atoms with Gasteiger partial charge in [0.25, 0.3) is 0 Å². The molecule has 1 aliphatic rings. The third-order valence-corrected chi connectivity index (χ3v) is 8.87. The number of benzene rings is 3. The molecule has 2 atom stereocenters. The van der Waals surface area contributed by atoms with E-state index in [1.807, 2.05) is 12.1 Å². The fraction of sp³-hybridized carbons (Fsp3) is 0.353. The lowest BCUT2D eigenvalue weighted by molar-refractivity contribution is -0.145. The minimum absolute atomic E-state index is 0.0154. The van der Waals surface area contributed by atoms with E-state index in [9.17, 15) is 14.0 Å². The van der Waals surface area contributed by atoms with Gasteiger partial charge in [0.05, 0.1) is 7.11 Å². The zero-order valence-corrected chi connectivity index (χ0v) is 24.5. The molecular formula is C34H38FN3O3. The van der Waals surface area contributed by atoms with Crippen molar-refractivity contribution in [3.63, 3.8) is 0 Å². The predicted molar refractivity (Wildman–Crippen MR) is 160 cm³/mol. The number of hydrogen-bond acceptors (Lipinski definition) is 3. The quantitative estimate of drug-likeness (QED) is 0.229. The summed E-state index contributed by atoms with van der Waals surface area (Å²) >= 11 is 0. The van der Waals surface area contributed by atoms with E-state index >= 15 is 0 Å². The van der Waals surface area contributed by atoms with E-state index in [0.717, 1.165) is 11.2 Å². The number of fused-ring (bicyclic) bond motifs is 1. The Kier molecular flexibility index (Phi) is 7.41. The van der Waals surface area contributed by atoms with Crippen molar-refractivity contribution in [2.45, 2.75) is 59.0 Å². The Morgan fingerprint density at radius 3 is 2.37 bits per heavy atom. The van der Waals surface area contributed by atoms with Crippen LogP contribution in [0.1, 0.15) is 56.9 Å². The zero-order valence-electron chi connectivity index (χ0n) is 24.5. The van der Waals surface area contributed by atoms with Crippen molar-refractivity contribution >= 4 is 28.4 Å². The molecule has 0 spiro atoms. The molecule has 0 unspecified atom stereocenters. The highest BCUT2D eigenvalue weighted by Gasteiger charge is 2.60. The van der Waals surface area contributed by atoms with Crippen LogP contribution in [0.25, 0.3) is 10.9 Å². The predicted octanol–water partition coefficient (Wildman–Crippen LogP) is 7.20. The number of ether oxygens (including phenoxy) is 1. The van der Waals surface area contributed by atoms with Gasteiger partial charge in [-0.1, -0.05) is 50.2 Å². The lowest BCUT2D eigenvalue weighted by Crippen LogP contribution is -2.55. The van der Waals surface area contributed by atoms with Gasteiger partial charge >= 0.3 is 0 Å². The van der Waals surface area contributed by atoms with Crippen LogP contribution in [-0.2, 0) is 16.1 Å². The molecule has 0 radical (unpaired) electrons. The van der Waals surface area contributed by atoms with Gasteiger partial charge in [-0.3, -0.25) is 9.59 Å². The molecule has 0 aliphatic heterocycles. The third-order valence-electron chi connectivity index (χ3n) is 8.87. The van der Waals surface area contributed by atoms with Crippen LogP contribution in [0.15, 0.2) is 72.8 Å². The normalized spacial score (nSPS) is 17.7. The first-order valence-corrected chi connectivity index (χ1v) is 14.0. The van der Waals surface area contributed by atoms with E-state index in [1.54, 1.807) is 63.4 Å². The Morgan fingerprint density at radius 2 is 1.68 bits per heavy atom. The maximum Gasteiger partial charge on any atom is 0.249 e.